The first-order valence-electron chi connectivity index (χ1n) is 4.78. The van der Waals surface area contributed by atoms with Crippen LogP contribution < -0.4 is 0 Å². The van der Waals surface area contributed by atoms with Gasteiger partial charge in [-0.15, -0.1) is 0 Å². The van der Waals surface area contributed by atoms with E-state index >= 15 is 0 Å². The number of carbonyl (C=O) groups is 2. The minimum atomic E-state index is -0.257. The van der Waals surface area contributed by atoms with Crippen LogP contribution in [-0.2, 0) is 9.59 Å². The van der Waals surface area contributed by atoms with Gasteiger partial charge in [0, 0.05) is 17.8 Å². The Hall–Kier alpha value is -1.90. The van der Waals surface area contributed by atoms with Gasteiger partial charge < -0.3 is 0 Å². The second-order valence-electron chi connectivity index (χ2n) is 3.54. The van der Waals surface area contributed by atoms with Crippen LogP contribution in [0.4, 0.5) is 0 Å². The summed E-state index contributed by atoms with van der Waals surface area (Å²) in [4.78, 5) is 24.1. The van der Waals surface area contributed by atoms with E-state index in [0.29, 0.717) is 5.57 Å². The molecule has 3 heteroatoms. The first kappa shape index (κ1) is 9.65. The lowest BCUT2D eigenvalue weighted by Crippen LogP contribution is -2.25. The highest BCUT2D eigenvalue weighted by Crippen LogP contribution is 2.17. The van der Waals surface area contributed by atoms with Crippen LogP contribution in [0.25, 0.3) is 0 Å². The smallest absolute Gasteiger partial charge is 0.260 e. The Labute approximate surface area is 88.1 Å². The summed E-state index contributed by atoms with van der Waals surface area (Å²) >= 11 is 0. The Kier molecular flexibility index (Phi) is 2.37. The third kappa shape index (κ3) is 1.81. The number of imide groups is 1. The van der Waals surface area contributed by atoms with Gasteiger partial charge in [-0.1, -0.05) is 24.3 Å². The van der Waals surface area contributed by atoms with E-state index in [9.17, 15) is 9.59 Å². The quantitative estimate of drug-likeness (QED) is 0.605. The second-order valence-corrected chi connectivity index (χ2v) is 3.54. The van der Waals surface area contributed by atoms with E-state index in [1.165, 1.54) is 6.08 Å². The fourth-order valence-corrected chi connectivity index (χ4v) is 1.52. The van der Waals surface area contributed by atoms with E-state index in [-0.39, 0.29) is 11.8 Å². The Morgan fingerprint density at radius 1 is 1.33 bits per heavy atom. The van der Waals surface area contributed by atoms with Crippen molar-refractivity contribution in [2.75, 3.05) is 0 Å². The van der Waals surface area contributed by atoms with Crippen molar-refractivity contribution in [3.8, 4) is 0 Å². The molecule has 0 aromatic carbocycles. The lowest BCUT2D eigenvalue weighted by Gasteiger charge is -2.11. The predicted molar refractivity (Wildman–Crippen MR) is 56.6 cm³/mol. The van der Waals surface area contributed by atoms with Gasteiger partial charge in [-0.25, -0.2) is 4.90 Å². The van der Waals surface area contributed by atoms with Crippen molar-refractivity contribution in [2.24, 2.45) is 0 Å². The molecule has 2 rings (SSSR count). The third-order valence-corrected chi connectivity index (χ3v) is 2.34. The van der Waals surface area contributed by atoms with Crippen molar-refractivity contribution >= 4 is 11.8 Å². The van der Waals surface area contributed by atoms with Gasteiger partial charge in [0.1, 0.15) is 0 Å². The average Bonchev–Trinajstić information content (AvgIpc) is 2.47. The Balaban J connectivity index is 2.21. The minimum absolute atomic E-state index is 0.226. The van der Waals surface area contributed by atoms with Gasteiger partial charge in [0.2, 0.25) is 0 Å². The SMILES string of the molecule is CC1=CC(=O)N(C=C2C=CC=CC2)C1=O. The molecule has 3 nitrogen and oxygen atoms in total. The Morgan fingerprint density at radius 3 is 2.67 bits per heavy atom. The second kappa shape index (κ2) is 3.69. The van der Waals surface area contributed by atoms with E-state index < -0.39 is 0 Å². The first-order valence-corrected chi connectivity index (χ1v) is 4.78. The van der Waals surface area contributed by atoms with Crippen molar-refractivity contribution < 1.29 is 9.59 Å². The Morgan fingerprint density at radius 2 is 2.13 bits per heavy atom. The third-order valence-electron chi connectivity index (χ3n) is 2.34. The predicted octanol–water partition coefficient (Wildman–Crippen LogP) is 1.70. The summed E-state index contributed by atoms with van der Waals surface area (Å²) in [5, 5.41) is 0. The van der Waals surface area contributed by atoms with Crippen molar-refractivity contribution in [1.82, 2.24) is 4.90 Å². The van der Waals surface area contributed by atoms with Gasteiger partial charge in [0.15, 0.2) is 0 Å². The maximum atomic E-state index is 11.5. The van der Waals surface area contributed by atoms with Crippen molar-refractivity contribution in [3.63, 3.8) is 0 Å². The molecule has 1 heterocycles. The van der Waals surface area contributed by atoms with Crippen LogP contribution in [0, 0.1) is 0 Å². The molecule has 0 radical (unpaired) electrons. The molecule has 0 unspecified atom stereocenters. The first-order chi connectivity index (χ1) is 7.18. The molecule has 0 aromatic rings. The molecule has 0 saturated carbocycles. The summed E-state index contributed by atoms with van der Waals surface area (Å²) in [6, 6.07) is 0. The number of rotatable bonds is 1. The van der Waals surface area contributed by atoms with Gasteiger partial charge in [-0.3, -0.25) is 9.59 Å². The summed E-state index contributed by atoms with van der Waals surface area (Å²) in [6.07, 6.45) is 11.4. The van der Waals surface area contributed by atoms with E-state index in [2.05, 4.69) is 0 Å². The summed E-state index contributed by atoms with van der Waals surface area (Å²) in [5.41, 5.74) is 1.45. The highest BCUT2D eigenvalue weighted by molar-refractivity contribution is 6.16. The zero-order chi connectivity index (χ0) is 10.8. The molecule has 15 heavy (non-hydrogen) atoms. The summed E-state index contributed by atoms with van der Waals surface area (Å²) in [5.74, 6) is -0.483. The van der Waals surface area contributed by atoms with Gasteiger partial charge in [-0.2, -0.15) is 0 Å². The van der Waals surface area contributed by atoms with E-state index in [4.69, 9.17) is 0 Å². The molecular weight excluding hydrogens is 190 g/mol. The monoisotopic (exact) mass is 201 g/mol. The summed E-state index contributed by atoms with van der Waals surface area (Å²) in [7, 11) is 0. The van der Waals surface area contributed by atoms with Crippen LogP contribution in [0.15, 0.2) is 47.7 Å². The molecule has 0 atom stereocenters. The van der Waals surface area contributed by atoms with E-state index in [1.54, 1.807) is 13.1 Å². The molecular formula is C12H11NO2. The van der Waals surface area contributed by atoms with Crippen LogP contribution >= 0.6 is 0 Å². The zero-order valence-corrected chi connectivity index (χ0v) is 8.43. The molecule has 2 aliphatic rings. The van der Waals surface area contributed by atoms with Crippen molar-refractivity contribution in [3.05, 3.63) is 47.7 Å². The molecule has 0 aromatic heterocycles. The van der Waals surface area contributed by atoms with E-state index in [1.807, 2.05) is 24.3 Å². The van der Waals surface area contributed by atoms with Crippen LogP contribution in [0.2, 0.25) is 0 Å². The molecule has 76 valence electrons. The van der Waals surface area contributed by atoms with Gasteiger partial charge >= 0.3 is 0 Å². The number of hydrogen-bond donors (Lipinski definition) is 0. The molecule has 1 aliphatic carbocycles. The standard InChI is InChI=1S/C12H11NO2/c1-9-7-11(14)13(12(9)15)8-10-5-3-2-4-6-10/h2-5,7-8H,6H2,1H3. The molecule has 0 fully saturated rings. The number of amides is 2. The highest BCUT2D eigenvalue weighted by atomic mass is 16.2. The van der Waals surface area contributed by atoms with Gasteiger partial charge in [0.25, 0.3) is 11.8 Å². The molecule has 0 N–H and O–H groups in total. The van der Waals surface area contributed by atoms with Crippen molar-refractivity contribution in [2.45, 2.75) is 13.3 Å². The average molecular weight is 201 g/mol. The normalized spacial score (nSPS) is 22.9. The largest absolute Gasteiger partial charge is 0.269 e. The topological polar surface area (TPSA) is 37.4 Å². The number of allylic oxidation sites excluding steroid dienone is 5. The van der Waals surface area contributed by atoms with Crippen LogP contribution in [0.3, 0.4) is 0 Å². The molecule has 0 spiro atoms. The van der Waals surface area contributed by atoms with Gasteiger partial charge in [0.05, 0.1) is 0 Å². The molecule has 2 amide bonds. The van der Waals surface area contributed by atoms with Crippen LogP contribution in [0.5, 0.6) is 0 Å². The summed E-state index contributed by atoms with van der Waals surface area (Å²) < 4.78 is 0. The fraction of sp³-hybridized carbons (Fsp3) is 0.167. The maximum absolute atomic E-state index is 11.5. The zero-order valence-electron chi connectivity index (χ0n) is 8.43. The molecule has 1 aliphatic heterocycles. The lowest BCUT2D eigenvalue weighted by molar-refractivity contribution is -0.134. The van der Waals surface area contributed by atoms with Crippen molar-refractivity contribution in [1.29, 1.82) is 0 Å². The maximum Gasteiger partial charge on any atom is 0.260 e. The Bertz CT molecular complexity index is 439. The number of nitrogens with zero attached hydrogens (tertiary/aromatic N) is 1. The lowest BCUT2D eigenvalue weighted by atomic mass is 10.1. The summed E-state index contributed by atoms with van der Waals surface area (Å²) in [6.45, 7) is 1.65. The molecule has 0 saturated heterocycles. The highest BCUT2D eigenvalue weighted by Gasteiger charge is 2.26. The minimum Gasteiger partial charge on any atom is -0.269 e. The van der Waals surface area contributed by atoms with Crippen LogP contribution in [0.1, 0.15) is 13.3 Å². The van der Waals surface area contributed by atoms with Crippen LogP contribution in [-0.4, -0.2) is 16.7 Å². The fourth-order valence-electron chi connectivity index (χ4n) is 1.52. The molecule has 0 bridgehead atoms. The van der Waals surface area contributed by atoms with Gasteiger partial charge in [-0.05, 0) is 18.9 Å². The number of hydrogen-bond acceptors (Lipinski definition) is 2. The number of carbonyl (C=O) groups excluding carboxylic acids is 2. The van der Waals surface area contributed by atoms with E-state index in [0.717, 1.165) is 16.9 Å².